The third-order valence-corrected chi connectivity index (χ3v) is 4.63. The summed E-state index contributed by atoms with van der Waals surface area (Å²) in [6.45, 7) is 4.41. The Morgan fingerprint density at radius 1 is 1.24 bits per heavy atom. The van der Waals surface area contributed by atoms with Crippen LogP contribution in [-0.4, -0.2) is 46.6 Å². The molecule has 1 heterocycles. The van der Waals surface area contributed by atoms with E-state index in [-0.39, 0.29) is 23.8 Å². The van der Waals surface area contributed by atoms with Crippen molar-refractivity contribution in [2.75, 3.05) is 6.54 Å². The molecular formula is C16H28N2O3. The van der Waals surface area contributed by atoms with Crippen LogP contribution in [-0.2, 0) is 9.59 Å². The standard InChI is InChI=1S/C16H28N2O3/c1-3-13-7-5-4-6-10-18(13)16(21)14(11(2)19)17-15(20)12-8-9-12/h11-14,19H,3-10H2,1-2H3,(H,17,20). The van der Waals surface area contributed by atoms with E-state index in [0.717, 1.165) is 51.5 Å². The van der Waals surface area contributed by atoms with Gasteiger partial charge in [0.1, 0.15) is 6.04 Å². The van der Waals surface area contributed by atoms with Crippen LogP contribution >= 0.6 is 0 Å². The minimum absolute atomic E-state index is 0.0464. The molecule has 0 aromatic rings. The van der Waals surface area contributed by atoms with Gasteiger partial charge in [0.25, 0.3) is 0 Å². The van der Waals surface area contributed by atoms with E-state index in [2.05, 4.69) is 12.2 Å². The second-order valence-corrected chi connectivity index (χ2v) is 6.44. The van der Waals surface area contributed by atoms with Gasteiger partial charge in [-0.25, -0.2) is 0 Å². The lowest BCUT2D eigenvalue weighted by atomic mass is 10.0. The van der Waals surface area contributed by atoms with Gasteiger partial charge < -0.3 is 15.3 Å². The predicted molar refractivity (Wildman–Crippen MR) is 80.6 cm³/mol. The Balaban J connectivity index is 2.05. The smallest absolute Gasteiger partial charge is 0.248 e. The summed E-state index contributed by atoms with van der Waals surface area (Å²) in [6, 6.07) is -0.565. The Labute approximate surface area is 127 Å². The van der Waals surface area contributed by atoms with Crippen molar-refractivity contribution >= 4 is 11.8 Å². The molecule has 0 aromatic heterocycles. The molecule has 2 fully saturated rings. The van der Waals surface area contributed by atoms with Gasteiger partial charge in [0.15, 0.2) is 0 Å². The summed E-state index contributed by atoms with van der Waals surface area (Å²) >= 11 is 0. The Morgan fingerprint density at radius 3 is 2.52 bits per heavy atom. The van der Waals surface area contributed by atoms with Crippen LogP contribution in [0.25, 0.3) is 0 Å². The average molecular weight is 296 g/mol. The SMILES string of the molecule is CCC1CCCCCN1C(=O)C(NC(=O)C1CC1)C(C)O. The zero-order valence-corrected chi connectivity index (χ0v) is 13.2. The number of carbonyl (C=O) groups is 2. The molecule has 1 aliphatic carbocycles. The summed E-state index contributed by atoms with van der Waals surface area (Å²) in [7, 11) is 0. The summed E-state index contributed by atoms with van der Waals surface area (Å²) in [5.74, 6) is -0.157. The number of hydrogen-bond donors (Lipinski definition) is 2. The normalized spacial score (nSPS) is 25.9. The van der Waals surface area contributed by atoms with E-state index < -0.39 is 12.1 Å². The van der Waals surface area contributed by atoms with Crippen molar-refractivity contribution in [3.8, 4) is 0 Å². The summed E-state index contributed by atoms with van der Waals surface area (Å²) in [5, 5.41) is 12.7. The van der Waals surface area contributed by atoms with Crippen molar-refractivity contribution in [2.45, 2.75) is 77.0 Å². The fraction of sp³-hybridized carbons (Fsp3) is 0.875. The van der Waals surface area contributed by atoms with Gasteiger partial charge in [-0.3, -0.25) is 9.59 Å². The summed E-state index contributed by atoms with van der Waals surface area (Å²) < 4.78 is 0. The number of likely N-dealkylation sites (tertiary alicyclic amines) is 1. The molecule has 0 spiro atoms. The lowest BCUT2D eigenvalue weighted by Crippen LogP contribution is -2.56. The van der Waals surface area contributed by atoms with E-state index in [1.165, 1.54) is 0 Å². The van der Waals surface area contributed by atoms with E-state index in [9.17, 15) is 14.7 Å². The highest BCUT2D eigenvalue weighted by atomic mass is 16.3. The van der Waals surface area contributed by atoms with Gasteiger partial charge in [0.05, 0.1) is 6.10 Å². The molecule has 2 aliphatic rings. The van der Waals surface area contributed by atoms with Crippen molar-refractivity contribution in [2.24, 2.45) is 5.92 Å². The highest BCUT2D eigenvalue weighted by molar-refractivity contribution is 5.90. The summed E-state index contributed by atoms with van der Waals surface area (Å²) in [4.78, 5) is 26.6. The molecule has 21 heavy (non-hydrogen) atoms. The fourth-order valence-corrected chi connectivity index (χ4v) is 3.08. The van der Waals surface area contributed by atoms with Crippen LogP contribution < -0.4 is 5.32 Å². The quantitative estimate of drug-likeness (QED) is 0.806. The first-order valence-electron chi connectivity index (χ1n) is 8.33. The van der Waals surface area contributed by atoms with Gasteiger partial charge in [0.2, 0.25) is 11.8 Å². The van der Waals surface area contributed by atoms with E-state index in [1.54, 1.807) is 6.92 Å². The molecule has 1 saturated heterocycles. The molecule has 2 amide bonds. The molecule has 120 valence electrons. The number of hydrogen-bond acceptors (Lipinski definition) is 3. The molecule has 0 aromatic carbocycles. The van der Waals surface area contributed by atoms with Crippen LogP contribution in [0.3, 0.4) is 0 Å². The zero-order chi connectivity index (χ0) is 15.4. The molecule has 0 bridgehead atoms. The molecule has 2 rings (SSSR count). The number of carbonyl (C=O) groups excluding carboxylic acids is 2. The molecule has 1 aliphatic heterocycles. The number of amides is 2. The molecule has 3 unspecified atom stereocenters. The largest absolute Gasteiger partial charge is 0.391 e. The number of rotatable bonds is 5. The Morgan fingerprint density at radius 2 is 1.95 bits per heavy atom. The molecule has 3 atom stereocenters. The van der Waals surface area contributed by atoms with Crippen LogP contribution in [0.1, 0.15) is 58.8 Å². The maximum absolute atomic E-state index is 12.8. The molecule has 5 heteroatoms. The van der Waals surface area contributed by atoms with Crippen LogP contribution in [0.2, 0.25) is 0 Å². The monoisotopic (exact) mass is 296 g/mol. The van der Waals surface area contributed by atoms with E-state index in [0.29, 0.717) is 0 Å². The lowest BCUT2D eigenvalue weighted by Gasteiger charge is -2.33. The van der Waals surface area contributed by atoms with Gasteiger partial charge in [-0.2, -0.15) is 0 Å². The minimum atomic E-state index is -0.860. The second-order valence-electron chi connectivity index (χ2n) is 6.44. The number of nitrogens with one attached hydrogen (secondary N) is 1. The zero-order valence-electron chi connectivity index (χ0n) is 13.2. The highest BCUT2D eigenvalue weighted by Crippen LogP contribution is 2.29. The molecule has 1 saturated carbocycles. The van der Waals surface area contributed by atoms with Gasteiger partial charge in [0, 0.05) is 18.5 Å². The van der Waals surface area contributed by atoms with Gasteiger partial charge >= 0.3 is 0 Å². The molecular weight excluding hydrogens is 268 g/mol. The summed E-state index contributed by atoms with van der Waals surface area (Å²) in [6.07, 6.45) is 6.18. The minimum Gasteiger partial charge on any atom is -0.391 e. The van der Waals surface area contributed by atoms with Crippen molar-refractivity contribution in [3.63, 3.8) is 0 Å². The number of nitrogens with zero attached hydrogens (tertiary/aromatic N) is 1. The predicted octanol–water partition coefficient (Wildman–Crippen LogP) is 1.44. The van der Waals surface area contributed by atoms with Crippen molar-refractivity contribution < 1.29 is 14.7 Å². The molecule has 5 nitrogen and oxygen atoms in total. The Hall–Kier alpha value is -1.10. The van der Waals surface area contributed by atoms with E-state index in [1.807, 2.05) is 4.90 Å². The second kappa shape index (κ2) is 7.25. The Kier molecular flexibility index (Phi) is 5.62. The fourth-order valence-electron chi connectivity index (χ4n) is 3.08. The van der Waals surface area contributed by atoms with Crippen LogP contribution in [0, 0.1) is 5.92 Å². The first-order chi connectivity index (χ1) is 10.0. The first kappa shape index (κ1) is 16.3. The highest BCUT2D eigenvalue weighted by Gasteiger charge is 2.37. The van der Waals surface area contributed by atoms with E-state index in [4.69, 9.17) is 0 Å². The van der Waals surface area contributed by atoms with Crippen LogP contribution in [0.5, 0.6) is 0 Å². The maximum Gasteiger partial charge on any atom is 0.248 e. The van der Waals surface area contributed by atoms with Gasteiger partial charge in [-0.05, 0) is 39.0 Å². The summed E-state index contributed by atoms with van der Waals surface area (Å²) in [5.41, 5.74) is 0. The third kappa shape index (κ3) is 4.19. The lowest BCUT2D eigenvalue weighted by molar-refractivity contribution is -0.141. The van der Waals surface area contributed by atoms with Crippen molar-refractivity contribution in [1.29, 1.82) is 0 Å². The molecule has 2 N–H and O–H groups in total. The number of aliphatic hydroxyl groups excluding tert-OH is 1. The van der Waals surface area contributed by atoms with Gasteiger partial charge in [-0.1, -0.05) is 19.8 Å². The van der Waals surface area contributed by atoms with Crippen LogP contribution in [0.15, 0.2) is 0 Å². The Bertz CT molecular complexity index is 380. The van der Waals surface area contributed by atoms with Crippen LogP contribution in [0.4, 0.5) is 0 Å². The van der Waals surface area contributed by atoms with Crippen molar-refractivity contribution in [1.82, 2.24) is 10.2 Å². The van der Waals surface area contributed by atoms with E-state index >= 15 is 0 Å². The van der Waals surface area contributed by atoms with Gasteiger partial charge in [-0.15, -0.1) is 0 Å². The maximum atomic E-state index is 12.8. The topological polar surface area (TPSA) is 69.6 Å². The average Bonchev–Trinajstić information content (AvgIpc) is 3.28. The third-order valence-electron chi connectivity index (χ3n) is 4.63. The number of aliphatic hydroxyl groups is 1. The van der Waals surface area contributed by atoms with Crippen molar-refractivity contribution in [3.05, 3.63) is 0 Å². The first-order valence-corrected chi connectivity index (χ1v) is 8.33. The molecule has 0 radical (unpaired) electrons.